The standard InChI is InChI=1S/C21H22N6O/c28-20-17-13-24-26-18(17)16-12-23-21(22-11-14-7-3-1-4-8-14)25-19(16)27(20)15-9-5-2-6-10-15/h2,5-6,9-10,12-14H,1,3-4,7-8,11H2,(H,24,26)(H,22,23,25). The first-order valence-electron chi connectivity index (χ1n) is 9.85. The van der Waals surface area contributed by atoms with Crippen molar-refractivity contribution >= 4 is 27.9 Å². The fourth-order valence-corrected chi connectivity index (χ4v) is 4.12. The van der Waals surface area contributed by atoms with Crippen LogP contribution >= 0.6 is 0 Å². The number of para-hydroxylation sites is 1. The van der Waals surface area contributed by atoms with Crippen molar-refractivity contribution in [3.05, 3.63) is 53.1 Å². The fraction of sp³-hybridized carbons (Fsp3) is 0.333. The summed E-state index contributed by atoms with van der Waals surface area (Å²) in [6, 6.07) is 9.57. The van der Waals surface area contributed by atoms with Crippen LogP contribution in [0.1, 0.15) is 32.1 Å². The third kappa shape index (κ3) is 2.93. The van der Waals surface area contributed by atoms with Gasteiger partial charge >= 0.3 is 0 Å². The summed E-state index contributed by atoms with van der Waals surface area (Å²) in [6.07, 6.45) is 9.78. The van der Waals surface area contributed by atoms with Crippen LogP contribution in [0.5, 0.6) is 0 Å². The molecule has 0 unspecified atom stereocenters. The third-order valence-electron chi connectivity index (χ3n) is 5.61. The van der Waals surface area contributed by atoms with Crippen LogP contribution in [0.4, 0.5) is 5.95 Å². The van der Waals surface area contributed by atoms with Crippen LogP contribution in [0.2, 0.25) is 0 Å². The van der Waals surface area contributed by atoms with Gasteiger partial charge in [-0.1, -0.05) is 37.5 Å². The summed E-state index contributed by atoms with van der Waals surface area (Å²) < 4.78 is 1.64. The van der Waals surface area contributed by atoms with Crippen molar-refractivity contribution in [2.75, 3.05) is 11.9 Å². The quantitative estimate of drug-likeness (QED) is 0.569. The zero-order valence-corrected chi connectivity index (χ0v) is 15.6. The first kappa shape index (κ1) is 16.9. The maximum atomic E-state index is 13.1. The van der Waals surface area contributed by atoms with Crippen molar-refractivity contribution in [3.8, 4) is 5.69 Å². The Balaban J connectivity index is 1.62. The molecule has 0 aliphatic heterocycles. The number of hydrogen-bond donors (Lipinski definition) is 2. The maximum absolute atomic E-state index is 13.1. The zero-order valence-electron chi connectivity index (χ0n) is 15.6. The van der Waals surface area contributed by atoms with Gasteiger partial charge < -0.3 is 5.32 Å². The predicted molar refractivity (Wildman–Crippen MR) is 110 cm³/mol. The van der Waals surface area contributed by atoms with Gasteiger partial charge in [0, 0.05) is 12.7 Å². The van der Waals surface area contributed by atoms with Crippen LogP contribution in [0, 0.1) is 5.92 Å². The van der Waals surface area contributed by atoms with E-state index in [2.05, 4.69) is 20.5 Å². The van der Waals surface area contributed by atoms with E-state index in [1.165, 1.54) is 32.1 Å². The summed E-state index contributed by atoms with van der Waals surface area (Å²) in [5.41, 5.74) is 1.89. The Labute approximate surface area is 161 Å². The lowest BCUT2D eigenvalue weighted by molar-refractivity contribution is 0.373. The van der Waals surface area contributed by atoms with Gasteiger partial charge in [-0.25, -0.2) is 4.98 Å². The average Bonchev–Trinajstić information content (AvgIpc) is 3.24. The Bertz CT molecular complexity index is 1170. The molecule has 2 N–H and O–H groups in total. The predicted octanol–water partition coefficient (Wildman–Crippen LogP) is 3.65. The summed E-state index contributed by atoms with van der Waals surface area (Å²) in [5, 5.41) is 11.7. The van der Waals surface area contributed by atoms with E-state index >= 15 is 0 Å². The monoisotopic (exact) mass is 374 g/mol. The van der Waals surface area contributed by atoms with Crippen molar-refractivity contribution < 1.29 is 0 Å². The van der Waals surface area contributed by atoms with Gasteiger partial charge in [0.1, 0.15) is 0 Å². The minimum absolute atomic E-state index is 0.139. The number of nitrogens with zero attached hydrogens (tertiary/aromatic N) is 4. The molecule has 0 amide bonds. The molecule has 7 heteroatoms. The highest BCUT2D eigenvalue weighted by Crippen LogP contribution is 2.25. The van der Waals surface area contributed by atoms with Crippen LogP contribution in [-0.4, -0.2) is 31.3 Å². The Kier molecular flexibility index (Phi) is 4.27. The highest BCUT2D eigenvalue weighted by atomic mass is 16.1. The highest BCUT2D eigenvalue weighted by Gasteiger charge is 2.17. The molecule has 0 radical (unpaired) electrons. The van der Waals surface area contributed by atoms with Gasteiger partial charge in [-0.15, -0.1) is 0 Å². The lowest BCUT2D eigenvalue weighted by Crippen LogP contribution is -2.21. The van der Waals surface area contributed by atoms with E-state index in [4.69, 9.17) is 4.98 Å². The number of hydrogen-bond acceptors (Lipinski definition) is 5. The Hall–Kier alpha value is -3.22. The van der Waals surface area contributed by atoms with Crippen molar-refractivity contribution in [1.29, 1.82) is 0 Å². The molecule has 1 fully saturated rings. The van der Waals surface area contributed by atoms with E-state index in [0.717, 1.165) is 17.6 Å². The van der Waals surface area contributed by atoms with Crippen LogP contribution < -0.4 is 10.9 Å². The number of aromatic nitrogens is 5. The fourth-order valence-electron chi connectivity index (χ4n) is 4.12. The molecule has 0 spiro atoms. The zero-order chi connectivity index (χ0) is 18.9. The number of rotatable bonds is 4. The molecular formula is C21H22N6O. The molecule has 1 aliphatic carbocycles. The van der Waals surface area contributed by atoms with Crippen LogP contribution in [0.25, 0.3) is 27.6 Å². The van der Waals surface area contributed by atoms with Crippen molar-refractivity contribution in [2.45, 2.75) is 32.1 Å². The molecule has 3 aromatic heterocycles. The molecule has 0 atom stereocenters. The van der Waals surface area contributed by atoms with Gasteiger partial charge in [0.25, 0.3) is 5.56 Å². The number of nitrogens with one attached hydrogen (secondary N) is 2. The first-order valence-corrected chi connectivity index (χ1v) is 9.85. The second-order valence-corrected chi connectivity index (χ2v) is 7.45. The number of fused-ring (bicyclic) bond motifs is 3. The first-order chi connectivity index (χ1) is 13.8. The summed E-state index contributed by atoms with van der Waals surface area (Å²) >= 11 is 0. The highest BCUT2D eigenvalue weighted by molar-refractivity contribution is 6.02. The third-order valence-corrected chi connectivity index (χ3v) is 5.61. The van der Waals surface area contributed by atoms with Gasteiger partial charge in [0.2, 0.25) is 5.95 Å². The van der Waals surface area contributed by atoms with E-state index in [0.29, 0.717) is 28.4 Å². The SMILES string of the molecule is O=c1c2cn[nH]c2c2cnc(NCC3CCCCC3)nc2n1-c1ccccc1. The Morgan fingerprint density at radius 3 is 2.71 bits per heavy atom. The average molecular weight is 374 g/mol. The number of pyridine rings is 1. The van der Waals surface area contributed by atoms with Crippen molar-refractivity contribution in [2.24, 2.45) is 5.92 Å². The van der Waals surface area contributed by atoms with E-state index in [1.807, 2.05) is 30.3 Å². The van der Waals surface area contributed by atoms with Gasteiger partial charge in [-0.05, 0) is 30.9 Å². The molecule has 4 aromatic rings. The van der Waals surface area contributed by atoms with Gasteiger partial charge in [-0.3, -0.25) is 14.5 Å². The molecule has 1 saturated carbocycles. The molecule has 0 bridgehead atoms. The normalized spacial score (nSPS) is 15.3. The molecule has 5 rings (SSSR count). The summed E-state index contributed by atoms with van der Waals surface area (Å²) in [4.78, 5) is 22.4. The van der Waals surface area contributed by atoms with E-state index in [9.17, 15) is 4.79 Å². The second kappa shape index (κ2) is 7.07. The maximum Gasteiger partial charge on any atom is 0.267 e. The Morgan fingerprint density at radius 1 is 1.07 bits per heavy atom. The lowest BCUT2D eigenvalue weighted by atomic mass is 9.89. The minimum Gasteiger partial charge on any atom is -0.354 e. The summed E-state index contributed by atoms with van der Waals surface area (Å²) in [5.74, 6) is 1.22. The van der Waals surface area contributed by atoms with Crippen LogP contribution in [0.15, 0.2) is 47.5 Å². The number of aromatic amines is 1. The minimum atomic E-state index is -0.139. The van der Waals surface area contributed by atoms with Crippen molar-refractivity contribution in [1.82, 2.24) is 24.7 Å². The molecular weight excluding hydrogens is 352 g/mol. The summed E-state index contributed by atoms with van der Waals surface area (Å²) in [7, 11) is 0. The molecule has 3 heterocycles. The smallest absolute Gasteiger partial charge is 0.267 e. The van der Waals surface area contributed by atoms with Crippen molar-refractivity contribution in [3.63, 3.8) is 0 Å². The van der Waals surface area contributed by atoms with Gasteiger partial charge in [0.15, 0.2) is 5.65 Å². The largest absolute Gasteiger partial charge is 0.354 e. The molecule has 7 nitrogen and oxygen atoms in total. The van der Waals surface area contributed by atoms with Crippen LogP contribution in [0.3, 0.4) is 0 Å². The molecule has 1 aromatic carbocycles. The lowest BCUT2D eigenvalue weighted by Gasteiger charge is -2.21. The second-order valence-electron chi connectivity index (χ2n) is 7.45. The number of anilines is 1. The van der Waals surface area contributed by atoms with Gasteiger partial charge in [0.05, 0.1) is 28.2 Å². The summed E-state index contributed by atoms with van der Waals surface area (Å²) in [6.45, 7) is 0.868. The number of H-pyrrole nitrogens is 1. The molecule has 28 heavy (non-hydrogen) atoms. The molecule has 142 valence electrons. The van der Waals surface area contributed by atoms with E-state index in [1.54, 1.807) is 17.0 Å². The van der Waals surface area contributed by atoms with E-state index in [-0.39, 0.29) is 5.56 Å². The topological polar surface area (TPSA) is 88.5 Å². The Morgan fingerprint density at radius 2 is 1.89 bits per heavy atom. The molecule has 1 aliphatic rings. The van der Waals surface area contributed by atoms with E-state index < -0.39 is 0 Å². The van der Waals surface area contributed by atoms with Gasteiger partial charge in [-0.2, -0.15) is 10.1 Å². The molecule has 0 saturated heterocycles. The van der Waals surface area contributed by atoms with Crippen LogP contribution in [-0.2, 0) is 0 Å². The number of benzene rings is 1.